The van der Waals surface area contributed by atoms with Gasteiger partial charge in [-0.15, -0.1) is 0 Å². The minimum Gasteiger partial charge on any atom is -0.331 e. The molecule has 2 aliphatic carbocycles. The van der Waals surface area contributed by atoms with E-state index in [0.717, 1.165) is 0 Å². The maximum Gasteiger partial charge on any atom is 0.393 e. The molecule has 272 valence electrons. The Labute approximate surface area is 250 Å². The molecule has 46 heavy (non-hydrogen) atoms. The number of hydrogen-bond donors (Lipinski definition) is 0. The van der Waals surface area contributed by atoms with Crippen molar-refractivity contribution < 1.29 is 92.6 Å². The maximum absolute atomic E-state index is 14.9. The van der Waals surface area contributed by atoms with E-state index in [-0.39, 0.29) is 56.3 Å². The molecular weight excluding hydrogens is 722 g/mol. The highest BCUT2D eigenvalue weighted by Crippen LogP contribution is 2.66. The fourth-order valence-corrected chi connectivity index (χ4v) is 5.32. The molecule has 0 atom stereocenters. The van der Waals surface area contributed by atoms with Crippen LogP contribution in [0.4, 0.5) is 87.8 Å². The van der Waals surface area contributed by atoms with E-state index in [1.54, 1.807) is 0 Å². The van der Waals surface area contributed by atoms with Crippen molar-refractivity contribution in [2.75, 3.05) is 0 Å². The molecule has 0 unspecified atom stereocenters. The van der Waals surface area contributed by atoms with Crippen LogP contribution >= 0.6 is 11.6 Å². The molecule has 0 N–H and O–H groups in total. The van der Waals surface area contributed by atoms with Gasteiger partial charge in [0, 0.05) is 12.1 Å². The first-order valence-corrected chi connectivity index (χ1v) is 13.4. The van der Waals surface area contributed by atoms with Crippen LogP contribution in [0.5, 0.6) is 0 Å². The van der Waals surface area contributed by atoms with Crippen molar-refractivity contribution in [3.8, 4) is 0 Å². The fourth-order valence-electron chi connectivity index (χ4n) is 5.20. The van der Waals surface area contributed by atoms with Gasteiger partial charge in [0.25, 0.3) is 5.91 Å². The van der Waals surface area contributed by atoms with Crippen LogP contribution in [-0.4, -0.2) is 81.6 Å². The van der Waals surface area contributed by atoms with Gasteiger partial charge < -0.3 is 4.90 Å². The third-order valence-corrected chi connectivity index (χ3v) is 8.19. The lowest BCUT2D eigenvalue weighted by molar-refractivity contribution is -0.465. The maximum atomic E-state index is 14.9. The van der Waals surface area contributed by atoms with Gasteiger partial charge in [-0.2, -0.15) is 87.8 Å². The minimum atomic E-state index is -9.15. The largest absolute Gasteiger partial charge is 0.393 e. The lowest BCUT2D eigenvalue weighted by Crippen LogP contribution is -2.77. The second-order valence-corrected chi connectivity index (χ2v) is 11.4. The Balaban J connectivity index is 2.66. The average molecular weight is 744 g/mol. The molecule has 0 aliphatic heterocycles. The lowest BCUT2D eigenvalue weighted by atomic mass is 9.85. The van der Waals surface area contributed by atoms with Crippen LogP contribution in [0.1, 0.15) is 64.2 Å². The van der Waals surface area contributed by atoms with Crippen molar-refractivity contribution in [3.63, 3.8) is 0 Å². The molecule has 2 rings (SSSR count). The van der Waals surface area contributed by atoms with Gasteiger partial charge in [-0.05, 0) is 37.3 Å². The Hall–Kier alpha value is -1.64. The molecule has 0 aromatic carbocycles. The summed E-state index contributed by atoms with van der Waals surface area (Å²) in [4.78, 5) is 12.7. The number of amides is 1. The Bertz CT molecular complexity index is 1070. The molecule has 0 radical (unpaired) electrons. The summed E-state index contributed by atoms with van der Waals surface area (Å²) in [5, 5.41) is -7.06. The standard InChI is InChI=1S/C23H22ClF20NO/c24-23(43,44)22(41,42)21(39,40)20(37,38)19(35,36)18(33,34)17(31,32)16(29,30)15(27,28)14(25,26)13(46)45(11-7-3-1-4-8-11)12-9-5-2-6-10-12/h11-12H,1-10H2. The number of halogens is 21. The summed E-state index contributed by atoms with van der Waals surface area (Å²) >= 11 is 3.40. The smallest absolute Gasteiger partial charge is 0.331 e. The Morgan fingerprint density at radius 3 is 0.913 bits per heavy atom. The van der Waals surface area contributed by atoms with Gasteiger partial charge >= 0.3 is 58.7 Å². The number of alkyl halides is 21. The highest BCUT2D eigenvalue weighted by molar-refractivity contribution is 6.22. The number of carbonyl (C=O) groups is 1. The SMILES string of the molecule is O=C(N(C1CCCCC1)C1CCCCC1)C(F)(F)C(F)(F)C(F)(F)C(F)(F)C(F)(F)C(F)(F)C(F)(F)C(F)(F)C(F)(F)C(F)(F)Cl. The average Bonchev–Trinajstić information content (AvgIpc) is 2.92. The van der Waals surface area contributed by atoms with E-state index in [0.29, 0.717) is 12.8 Å². The Morgan fingerprint density at radius 2 is 0.652 bits per heavy atom. The molecule has 2 saturated carbocycles. The predicted molar refractivity (Wildman–Crippen MR) is 116 cm³/mol. The summed E-state index contributed by atoms with van der Waals surface area (Å²) < 4.78 is 279. The normalized spacial score (nSPS) is 20.2. The van der Waals surface area contributed by atoms with Crippen molar-refractivity contribution in [3.05, 3.63) is 0 Å². The summed E-state index contributed by atoms with van der Waals surface area (Å²) in [6, 6.07) is -2.85. The van der Waals surface area contributed by atoms with Crippen LogP contribution in [0.3, 0.4) is 0 Å². The summed E-state index contributed by atoms with van der Waals surface area (Å²) in [7, 11) is 0. The molecule has 2 nitrogen and oxygen atoms in total. The molecule has 1 amide bonds. The molecule has 0 aromatic rings. The second kappa shape index (κ2) is 12.0. The van der Waals surface area contributed by atoms with Crippen LogP contribution in [0.15, 0.2) is 0 Å². The zero-order valence-electron chi connectivity index (χ0n) is 22.5. The number of carbonyl (C=O) groups excluding carboxylic acids is 1. The molecule has 2 aliphatic rings. The summed E-state index contributed by atoms with van der Waals surface area (Å²) in [6.07, 6.45) is 0.484. The fraction of sp³-hybridized carbons (Fsp3) is 0.957. The van der Waals surface area contributed by atoms with Crippen LogP contribution in [0, 0.1) is 0 Å². The van der Waals surface area contributed by atoms with E-state index in [4.69, 9.17) is 0 Å². The van der Waals surface area contributed by atoms with E-state index < -0.39 is 76.7 Å². The monoisotopic (exact) mass is 743 g/mol. The minimum absolute atomic E-state index is 0.0453. The highest BCUT2D eigenvalue weighted by atomic mass is 35.5. The van der Waals surface area contributed by atoms with Gasteiger partial charge in [-0.3, -0.25) is 4.79 Å². The Kier molecular flexibility index (Phi) is 10.6. The van der Waals surface area contributed by atoms with Gasteiger partial charge in [0.1, 0.15) is 0 Å². The molecule has 2 fully saturated rings. The number of hydrogen-bond acceptors (Lipinski definition) is 1. The topological polar surface area (TPSA) is 20.3 Å². The van der Waals surface area contributed by atoms with Crippen molar-refractivity contribution in [2.45, 2.75) is 135 Å². The molecule has 0 aromatic heterocycles. The van der Waals surface area contributed by atoms with Gasteiger partial charge in [0.2, 0.25) is 0 Å². The highest BCUT2D eigenvalue weighted by Gasteiger charge is 2.98. The first-order chi connectivity index (χ1) is 20.2. The number of rotatable bonds is 12. The number of nitrogens with zero attached hydrogens (tertiary/aromatic N) is 1. The zero-order chi connectivity index (χ0) is 36.4. The molecule has 0 bridgehead atoms. The van der Waals surface area contributed by atoms with Gasteiger partial charge in [-0.25, -0.2) is 0 Å². The Morgan fingerprint density at radius 1 is 0.413 bits per heavy atom. The first-order valence-electron chi connectivity index (χ1n) is 13.0. The predicted octanol–water partition coefficient (Wildman–Crippen LogP) is 10.0. The summed E-state index contributed by atoms with van der Waals surface area (Å²) in [6.45, 7) is 0. The van der Waals surface area contributed by atoms with E-state index in [2.05, 4.69) is 11.6 Å². The molecule has 0 saturated heterocycles. The zero-order valence-corrected chi connectivity index (χ0v) is 23.3. The summed E-state index contributed by atoms with van der Waals surface area (Å²) in [5.41, 5.74) is 0. The van der Waals surface area contributed by atoms with Crippen molar-refractivity contribution in [2.24, 2.45) is 0 Å². The quantitative estimate of drug-likeness (QED) is 0.144. The van der Waals surface area contributed by atoms with Crippen molar-refractivity contribution >= 4 is 17.5 Å². The van der Waals surface area contributed by atoms with Gasteiger partial charge in [0.05, 0.1) is 0 Å². The second-order valence-electron chi connectivity index (χ2n) is 11.0. The molecule has 23 heteroatoms. The van der Waals surface area contributed by atoms with E-state index in [9.17, 15) is 92.6 Å². The molecular formula is C23H22ClF20NO. The molecule has 0 spiro atoms. The van der Waals surface area contributed by atoms with E-state index in [1.165, 1.54) is 0 Å². The van der Waals surface area contributed by atoms with Crippen LogP contribution in [0.25, 0.3) is 0 Å². The first kappa shape index (κ1) is 40.5. The van der Waals surface area contributed by atoms with Gasteiger partial charge in [-0.1, -0.05) is 38.5 Å². The third kappa shape index (κ3) is 5.64. The third-order valence-electron chi connectivity index (χ3n) is 7.95. The van der Waals surface area contributed by atoms with Crippen molar-refractivity contribution in [1.29, 1.82) is 0 Å². The lowest BCUT2D eigenvalue weighted by Gasteiger charge is -2.46. The van der Waals surface area contributed by atoms with Crippen LogP contribution < -0.4 is 0 Å². The summed E-state index contributed by atoms with van der Waals surface area (Å²) in [5.74, 6) is -80.6. The van der Waals surface area contributed by atoms with Crippen molar-refractivity contribution in [1.82, 2.24) is 4.90 Å². The van der Waals surface area contributed by atoms with Gasteiger partial charge in [0.15, 0.2) is 0 Å². The molecule has 0 heterocycles. The van der Waals surface area contributed by atoms with E-state index in [1.807, 2.05) is 0 Å². The van der Waals surface area contributed by atoms with E-state index >= 15 is 0 Å². The van der Waals surface area contributed by atoms with Crippen LogP contribution in [0.2, 0.25) is 0 Å². The van der Waals surface area contributed by atoms with Crippen LogP contribution in [-0.2, 0) is 4.79 Å².